The van der Waals surface area contributed by atoms with Gasteiger partial charge in [0.15, 0.2) is 0 Å². The van der Waals surface area contributed by atoms with E-state index in [0.29, 0.717) is 5.56 Å². The van der Waals surface area contributed by atoms with Gasteiger partial charge in [0, 0.05) is 18.2 Å². The molecule has 20 heavy (non-hydrogen) atoms. The Morgan fingerprint density at radius 2 is 2.35 bits per heavy atom. The monoisotopic (exact) mass is 281 g/mol. The van der Waals surface area contributed by atoms with Gasteiger partial charge < -0.3 is 20.7 Å². The molecule has 1 aromatic rings. The van der Waals surface area contributed by atoms with Crippen molar-refractivity contribution in [1.29, 1.82) is 0 Å². The number of aliphatic hydroxyl groups excluding tert-OH is 2. The summed E-state index contributed by atoms with van der Waals surface area (Å²) >= 11 is 0. The molecule has 0 spiro atoms. The van der Waals surface area contributed by atoms with Gasteiger partial charge in [0.05, 0.1) is 12.7 Å². The first-order chi connectivity index (χ1) is 9.42. The van der Waals surface area contributed by atoms with E-state index in [-0.39, 0.29) is 18.8 Å². The van der Waals surface area contributed by atoms with E-state index < -0.39 is 24.1 Å². The van der Waals surface area contributed by atoms with E-state index in [9.17, 15) is 9.90 Å². The van der Waals surface area contributed by atoms with Crippen LogP contribution in [0.5, 0.6) is 0 Å². The van der Waals surface area contributed by atoms with Crippen LogP contribution in [0.1, 0.15) is 32.1 Å². The first kappa shape index (κ1) is 14.7. The molecular weight excluding hydrogens is 262 g/mol. The van der Waals surface area contributed by atoms with Gasteiger partial charge in [-0.05, 0) is 13.8 Å². The molecule has 110 valence electrons. The molecular formula is C13H19N3O4. The first-order valence-corrected chi connectivity index (χ1v) is 6.40. The number of aromatic nitrogens is 2. The molecule has 0 bridgehead atoms. The Labute approximate surface area is 116 Å². The molecule has 1 aliphatic heterocycles. The molecule has 1 aromatic heterocycles. The van der Waals surface area contributed by atoms with Gasteiger partial charge >= 0.3 is 5.69 Å². The summed E-state index contributed by atoms with van der Waals surface area (Å²) in [6, 6.07) is 0. The molecule has 0 aromatic carbocycles. The Balaban J connectivity index is 2.38. The number of hydrogen-bond donors (Lipinski definition) is 3. The van der Waals surface area contributed by atoms with Crippen LogP contribution in [-0.2, 0) is 4.74 Å². The van der Waals surface area contributed by atoms with E-state index in [1.807, 2.05) is 19.9 Å². The quantitative estimate of drug-likeness (QED) is 0.713. The number of nitrogens with zero attached hydrogens (tertiary/aromatic N) is 2. The predicted molar refractivity (Wildman–Crippen MR) is 73.9 cm³/mol. The zero-order valence-corrected chi connectivity index (χ0v) is 11.5. The third-order valence-electron chi connectivity index (χ3n) is 3.15. The Bertz CT molecular complexity index is 577. The number of rotatable bonds is 3. The normalized spacial score (nSPS) is 25.7. The summed E-state index contributed by atoms with van der Waals surface area (Å²) in [5.41, 5.74) is 6.82. The fourth-order valence-electron chi connectivity index (χ4n) is 2.18. The van der Waals surface area contributed by atoms with Crippen molar-refractivity contribution in [3.05, 3.63) is 27.8 Å². The van der Waals surface area contributed by atoms with Crippen molar-refractivity contribution in [1.82, 2.24) is 9.55 Å². The minimum Gasteiger partial charge on any atom is -0.394 e. The van der Waals surface area contributed by atoms with Crippen molar-refractivity contribution in [3.63, 3.8) is 0 Å². The number of allylic oxidation sites excluding steroid dienone is 1. The van der Waals surface area contributed by atoms with E-state index in [0.717, 1.165) is 5.57 Å². The van der Waals surface area contributed by atoms with Crippen molar-refractivity contribution in [2.24, 2.45) is 0 Å². The highest BCUT2D eigenvalue weighted by molar-refractivity contribution is 5.61. The topological polar surface area (TPSA) is 111 Å². The van der Waals surface area contributed by atoms with Gasteiger partial charge in [-0.3, -0.25) is 4.57 Å². The van der Waals surface area contributed by atoms with E-state index in [2.05, 4.69) is 4.98 Å². The second-order valence-electron chi connectivity index (χ2n) is 5.11. The zero-order valence-electron chi connectivity index (χ0n) is 11.5. The molecule has 7 heteroatoms. The third-order valence-corrected chi connectivity index (χ3v) is 3.15. The lowest BCUT2D eigenvalue weighted by Crippen LogP contribution is -2.28. The van der Waals surface area contributed by atoms with Crippen LogP contribution in [0.3, 0.4) is 0 Å². The van der Waals surface area contributed by atoms with Gasteiger partial charge in [-0.1, -0.05) is 11.6 Å². The van der Waals surface area contributed by atoms with Crippen LogP contribution in [-0.4, -0.2) is 38.6 Å². The lowest BCUT2D eigenvalue weighted by molar-refractivity contribution is -0.0458. The first-order valence-electron chi connectivity index (χ1n) is 6.40. The maximum absolute atomic E-state index is 11.9. The van der Waals surface area contributed by atoms with Crippen LogP contribution in [0.4, 0.5) is 5.82 Å². The van der Waals surface area contributed by atoms with Gasteiger partial charge in [-0.15, -0.1) is 0 Å². The van der Waals surface area contributed by atoms with Gasteiger partial charge in [0.2, 0.25) is 0 Å². The van der Waals surface area contributed by atoms with Crippen molar-refractivity contribution >= 4 is 11.9 Å². The number of anilines is 1. The molecule has 0 unspecified atom stereocenters. The smallest absolute Gasteiger partial charge is 0.351 e. The van der Waals surface area contributed by atoms with Crippen LogP contribution in [0.25, 0.3) is 6.08 Å². The number of hydrogen-bond acceptors (Lipinski definition) is 6. The second kappa shape index (κ2) is 5.74. The maximum atomic E-state index is 11.9. The molecule has 0 aliphatic carbocycles. The summed E-state index contributed by atoms with van der Waals surface area (Å²) < 4.78 is 6.75. The van der Waals surface area contributed by atoms with Gasteiger partial charge in [-0.25, -0.2) is 4.79 Å². The predicted octanol–water partition coefficient (Wildman–Crippen LogP) is -0.111. The fourth-order valence-corrected chi connectivity index (χ4v) is 2.18. The van der Waals surface area contributed by atoms with Crippen molar-refractivity contribution in [2.45, 2.75) is 38.7 Å². The number of nitrogen functional groups attached to an aromatic ring is 1. The van der Waals surface area contributed by atoms with Crippen molar-refractivity contribution < 1.29 is 14.9 Å². The summed E-state index contributed by atoms with van der Waals surface area (Å²) in [5, 5.41) is 18.8. The molecule has 3 atom stereocenters. The molecule has 1 fully saturated rings. The van der Waals surface area contributed by atoms with E-state index in [1.54, 1.807) is 6.20 Å². The average molecular weight is 281 g/mol. The van der Waals surface area contributed by atoms with Crippen LogP contribution in [0.2, 0.25) is 0 Å². The molecule has 1 saturated heterocycles. The molecule has 7 nitrogen and oxygen atoms in total. The molecule has 2 rings (SSSR count). The Morgan fingerprint density at radius 3 is 2.90 bits per heavy atom. The van der Waals surface area contributed by atoms with Crippen molar-refractivity contribution in [2.75, 3.05) is 12.3 Å². The van der Waals surface area contributed by atoms with E-state index >= 15 is 0 Å². The van der Waals surface area contributed by atoms with Crippen LogP contribution in [0, 0.1) is 0 Å². The average Bonchev–Trinajstić information content (AvgIpc) is 2.73. The van der Waals surface area contributed by atoms with Gasteiger partial charge in [-0.2, -0.15) is 4.98 Å². The Morgan fingerprint density at radius 1 is 1.65 bits per heavy atom. The largest absolute Gasteiger partial charge is 0.394 e. The fraction of sp³-hybridized carbons (Fsp3) is 0.538. The lowest BCUT2D eigenvalue weighted by atomic mass is 10.2. The highest BCUT2D eigenvalue weighted by Gasteiger charge is 2.35. The number of ether oxygens (including phenoxy) is 1. The van der Waals surface area contributed by atoms with E-state index in [1.165, 1.54) is 4.57 Å². The van der Waals surface area contributed by atoms with Gasteiger partial charge in [0.25, 0.3) is 0 Å². The molecule has 0 radical (unpaired) electrons. The SMILES string of the molecule is CC(C)=Cc1cn([C@H]2C[C@H](O)[C@@H](CO)O2)c(=O)nc1N. The molecule has 0 saturated carbocycles. The van der Waals surface area contributed by atoms with Gasteiger partial charge in [0.1, 0.15) is 18.1 Å². The summed E-state index contributed by atoms with van der Waals surface area (Å²) in [6.45, 7) is 3.52. The summed E-state index contributed by atoms with van der Waals surface area (Å²) in [7, 11) is 0. The van der Waals surface area contributed by atoms with E-state index in [4.69, 9.17) is 15.6 Å². The maximum Gasteiger partial charge on any atom is 0.351 e. The zero-order chi connectivity index (χ0) is 14.9. The molecule has 1 aliphatic rings. The van der Waals surface area contributed by atoms with Crippen LogP contribution in [0.15, 0.2) is 16.6 Å². The second-order valence-corrected chi connectivity index (χ2v) is 5.11. The highest BCUT2D eigenvalue weighted by Crippen LogP contribution is 2.28. The highest BCUT2D eigenvalue weighted by atomic mass is 16.5. The van der Waals surface area contributed by atoms with Crippen LogP contribution >= 0.6 is 0 Å². The van der Waals surface area contributed by atoms with Crippen LogP contribution < -0.4 is 11.4 Å². The Kier molecular flexibility index (Phi) is 4.22. The minimum absolute atomic E-state index is 0.157. The third kappa shape index (κ3) is 2.90. The van der Waals surface area contributed by atoms with Crippen molar-refractivity contribution in [3.8, 4) is 0 Å². The number of nitrogens with two attached hydrogens (primary N) is 1. The molecule has 0 amide bonds. The summed E-state index contributed by atoms with van der Waals surface area (Å²) in [4.78, 5) is 15.7. The standard InChI is InChI=1S/C13H19N3O4/c1-7(2)3-8-5-16(13(19)15-12(8)14)11-4-9(18)10(6-17)20-11/h3,5,9-11,17-18H,4,6H2,1-2H3,(H2,14,15,19)/t9-,10+,11+/m0/s1. The summed E-state index contributed by atoms with van der Waals surface area (Å²) in [6.07, 6.45) is 1.47. The lowest BCUT2D eigenvalue weighted by Gasteiger charge is -2.15. The minimum atomic E-state index is -0.804. The molecule has 2 heterocycles. The molecule has 4 N–H and O–H groups in total. The summed E-state index contributed by atoms with van der Waals surface area (Å²) in [5.74, 6) is 0.157. The number of aliphatic hydroxyl groups is 2. The Hall–Kier alpha value is -1.70.